The van der Waals surface area contributed by atoms with E-state index >= 15 is 0 Å². The summed E-state index contributed by atoms with van der Waals surface area (Å²) in [7, 11) is 0. The quantitative estimate of drug-likeness (QED) is 0.431. The van der Waals surface area contributed by atoms with Crippen molar-refractivity contribution >= 4 is 23.3 Å². The van der Waals surface area contributed by atoms with Crippen LogP contribution in [0.2, 0.25) is 0 Å². The first-order valence-electron chi connectivity index (χ1n) is 12.2. The van der Waals surface area contributed by atoms with Crippen molar-refractivity contribution in [3.63, 3.8) is 0 Å². The number of urea groups is 1. The maximum absolute atomic E-state index is 12.7. The Balaban J connectivity index is 1.26. The third-order valence-corrected chi connectivity index (χ3v) is 6.07. The molecule has 9 nitrogen and oxygen atoms in total. The number of Topliss-reactive ketones (excluding diaryl/α,β-unsaturated/α-hetero) is 1. The molecule has 1 unspecified atom stereocenters. The van der Waals surface area contributed by atoms with E-state index in [1.54, 1.807) is 48.7 Å². The molecule has 36 heavy (non-hydrogen) atoms. The fourth-order valence-electron chi connectivity index (χ4n) is 3.94. The molecule has 3 aromatic rings. The third kappa shape index (κ3) is 6.69. The van der Waals surface area contributed by atoms with Gasteiger partial charge in [0.15, 0.2) is 11.6 Å². The Morgan fingerprint density at radius 2 is 1.92 bits per heavy atom. The maximum Gasteiger partial charge on any atom is 0.324 e. The van der Waals surface area contributed by atoms with Gasteiger partial charge in [-0.1, -0.05) is 45.0 Å². The number of benzene rings is 1. The molecular weight excluding hydrogens is 458 g/mol. The molecule has 1 aliphatic rings. The first-order chi connectivity index (χ1) is 17.2. The van der Waals surface area contributed by atoms with Crippen LogP contribution in [0.25, 0.3) is 0 Å². The molecule has 190 valence electrons. The van der Waals surface area contributed by atoms with E-state index in [2.05, 4.69) is 32.6 Å². The number of carbonyl (C=O) groups is 2. The summed E-state index contributed by atoms with van der Waals surface area (Å²) in [6.45, 7) is 11.1. The highest BCUT2D eigenvalue weighted by atomic mass is 16.5. The van der Waals surface area contributed by atoms with Gasteiger partial charge in [-0.15, -0.1) is 0 Å². The number of nitrogens with one attached hydrogen (secondary N) is 2. The number of likely N-dealkylation sites (N-methyl/N-ethyl adjacent to an activating group) is 1. The van der Waals surface area contributed by atoms with Crippen LogP contribution < -0.4 is 15.4 Å². The number of anilines is 2. The number of nitrogens with zero attached hydrogens (tertiary/aromatic N) is 3. The Morgan fingerprint density at radius 3 is 2.53 bits per heavy atom. The summed E-state index contributed by atoms with van der Waals surface area (Å²) < 4.78 is 11.3. The minimum Gasteiger partial charge on any atom is -0.487 e. The number of ether oxygens (including phenoxy) is 1. The summed E-state index contributed by atoms with van der Waals surface area (Å²) in [5.74, 6) is 1.62. The zero-order valence-electron chi connectivity index (χ0n) is 21.2. The lowest BCUT2D eigenvalue weighted by molar-refractivity contribution is 0.0988. The van der Waals surface area contributed by atoms with Crippen LogP contribution in [-0.4, -0.2) is 52.6 Å². The van der Waals surface area contributed by atoms with Crippen molar-refractivity contribution in [2.45, 2.75) is 52.1 Å². The Hall–Kier alpha value is -3.72. The van der Waals surface area contributed by atoms with E-state index in [1.807, 2.05) is 20.8 Å². The molecule has 0 aliphatic carbocycles. The first kappa shape index (κ1) is 25.4. The van der Waals surface area contributed by atoms with E-state index in [4.69, 9.17) is 9.26 Å². The van der Waals surface area contributed by atoms with E-state index in [-0.39, 0.29) is 23.7 Å². The van der Waals surface area contributed by atoms with E-state index in [0.717, 1.165) is 31.6 Å². The van der Waals surface area contributed by atoms with Crippen molar-refractivity contribution in [2.75, 3.05) is 30.3 Å². The Bertz CT molecular complexity index is 1180. The zero-order valence-corrected chi connectivity index (χ0v) is 21.2. The molecule has 1 atom stereocenters. The fourth-order valence-corrected chi connectivity index (χ4v) is 3.94. The largest absolute Gasteiger partial charge is 0.487 e. The lowest BCUT2D eigenvalue weighted by atomic mass is 9.93. The predicted octanol–water partition coefficient (Wildman–Crippen LogP) is 4.91. The second-order valence-electron chi connectivity index (χ2n) is 10.0. The van der Waals surface area contributed by atoms with Gasteiger partial charge in [0, 0.05) is 36.7 Å². The predicted molar refractivity (Wildman–Crippen MR) is 138 cm³/mol. The van der Waals surface area contributed by atoms with E-state index < -0.39 is 6.03 Å². The number of hydrogen-bond donors (Lipinski definition) is 2. The Morgan fingerprint density at radius 1 is 1.14 bits per heavy atom. The fraction of sp³-hybridized carbons (Fsp3) is 0.407. The first-order valence-corrected chi connectivity index (χ1v) is 12.2. The van der Waals surface area contributed by atoms with Crippen molar-refractivity contribution in [2.24, 2.45) is 0 Å². The molecular formula is C27H33N5O4. The number of aromatic nitrogens is 2. The van der Waals surface area contributed by atoms with Crippen LogP contribution in [-0.2, 0) is 11.8 Å². The van der Waals surface area contributed by atoms with E-state index in [9.17, 15) is 9.59 Å². The monoisotopic (exact) mass is 491 g/mol. The van der Waals surface area contributed by atoms with Crippen molar-refractivity contribution in [3.8, 4) is 5.75 Å². The van der Waals surface area contributed by atoms with Crippen LogP contribution in [0.4, 0.5) is 16.3 Å². The second kappa shape index (κ2) is 10.9. The maximum atomic E-state index is 12.7. The van der Waals surface area contributed by atoms with Gasteiger partial charge < -0.3 is 14.6 Å². The zero-order chi connectivity index (χ0) is 25.7. The van der Waals surface area contributed by atoms with Gasteiger partial charge in [0.05, 0.1) is 6.20 Å². The van der Waals surface area contributed by atoms with E-state index in [0.29, 0.717) is 28.7 Å². The van der Waals surface area contributed by atoms with Gasteiger partial charge in [-0.2, -0.15) is 0 Å². The average molecular weight is 492 g/mol. The average Bonchev–Trinajstić information content (AvgIpc) is 3.50. The van der Waals surface area contributed by atoms with Crippen molar-refractivity contribution in [1.29, 1.82) is 0 Å². The summed E-state index contributed by atoms with van der Waals surface area (Å²) >= 11 is 0. The molecule has 1 saturated heterocycles. The standard InChI is InChI=1S/C27H33N5O4/c1-5-32-13-12-21(17-32)35-20-10-11-22(28-16-20)23(33)14-18-6-8-19(9-7-18)29-26(34)30-25-15-24(36-31-25)27(2,3)4/h6-11,15-16,21H,5,12-14,17H2,1-4H3,(H2,29,30,31,34). The van der Waals surface area contributed by atoms with Gasteiger partial charge in [-0.25, -0.2) is 9.78 Å². The van der Waals surface area contributed by atoms with Crippen LogP contribution in [0, 0.1) is 0 Å². The van der Waals surface area contributed by atoms with Crippen LogP contribution in [0.5, 0.6) is 5.75 Å². The smallest absolute Gasteiger partial charge is 0.324 e. The molecule has 0 spiro atoms. The van der Waals surface area contributed by atoms with Gasteiger partial charge in [0.2, 0.25) is 0 Å². The molecule has 0 radical (unpaired) electrons. The van der Waals surface area contributed by atoms with Gasteiger partial charge >= 0.3 is 6.03 Å². The number of ketones is 1. The minimum absolute atomic E-state index is 0.0845. The summed E-state index contributed by atoms with van der Waals surface area (Å²) in [4.78, 5) is 31.6. The topological polar surface area (TPSA) is 110 Å². The van der Waals surface area contributed by atoms with Gasteiger partial charge in [-0.05, 0) is 42.8 Å². The molecule has 9 heteroatoms. The molecule has 3 heterocycles. The number of amides is 2. The molecule has 0 saturated carbocycles. The van der Waals surface area contributed by atoms with E-state index in [1.165, 1.54) is 0 Å². The van der Waals surface area contributed by atoms with Gasteiger partial charge in [-0.3, -0.25) is 15.0 Å². The molecule has 0 bridgehead atoms. The lowest BCUT2D eigenvalue weighted by Gasteiger charge is -2.15. The second-order valence-corrected chi connectivity index (χ2v) is 10.0. The summed E-state index contributed by atoms with van der Waals surface area (Å²) in [5.41, 5.74) is 1.61. The molecule has 2 aromatic heterocycles. The Labute approximate surface area is 211 Å². The lowest BCUT2D eigenvalue weighted by Crippen LogP contribution is -2.24. The molecule has 1 aromatic carbocycles. The van der Waals surface area contributed by atoms with Crippen molar-refractivity contribution in [1.82, 2.24) is 15.0 Å². The number of carbonyl (C=O) groups excluding carboxylic acids is 2. The minimum atomic E-state index is -0.431. The highest BCUT2D eigenvalue weighted by molar-refractivity contribution is 5.99. The molecule has 1 aliphatic heterocycles. The number of hydrogen-bond acceptors (Lipinski definition) is 7. The highest BCUT2D eigenvalue weighted by Gasteiger charge is 2.23. The van der Waals surface area contributed by atoms with Crippen LogP contribution in [0.1, 0.15) is 55.9 Å². The molecule has 2 amide bonds. The third-order valence-electron chi connectivity index (χ3n) is 6.07. The SMILES string of the molecule is CCN1CCC(Oc2ccc(C(=O)Cc3ccc(NC(=O)Nc4cc(C(C)(C)C)on4)cc3)nc2)C1. The highest BCUT2D eigenvalue weighted by Crippen LogP contribution is 2.24. The number of rotatable bonds is 8. The van der Waals surface area contributed by atoms with Crippen LogP contribution in [0.15, 0.2) is 53.2 Å². The van der Waals surface area contributed by atoms with Crippen molar-refractivity contribution in [3.05, 3.63) is 65.7 Å². The van der Waals surface area contributed by atoms with Crippen molar-refractivity contribution < 1.29 is 18.8 Å². The summed E-state index contributed by atoms with van der Waals surface area (Å²) in [6.07, 6.45) is 2.99. The molecule has 4 rings (SSSR count). The van der Waals surface area contributed by atoms with Gasteiger partial charge in [0.25, 0.3) is 0 Å². The number of pyridine rings is 1. The summed E-state index contributed by atoms with van der Waals surface area (Å²) in [5, 5.41) is 9.28. The number of likely N-dealkylation sites (tertiary alicyclic amines) is 1. The van der Waals surface area contributed by atoms with Crippen LogP contribution >= 0.6 is 0 Å². The van der Waals surface area contributed by atoms with Gasteiger partial charge in [0.1, 0.15) is 23.3 Å². The molecule has 1 fully saturated rings. The Kier molecular flexibility index (Phi) is 7.69. The molecule has 2 N–H and O–H groups in total. The van der Waals surface area contributed by atoms with Crippen LogP contribution in [0.3, 0.4) is 0 Å². The summed E-state index contributed by atoms with van der Waals surface area (Å²) in [6, 6.07) is 11.9. The normalized spacial score (nSPS) is 16.1.